The van der Waals surface area contributed by atoms with Crippen molar-refractivity contribution in [3.05, 3.63) is 0 Å². The predicted molar refractivity (Wildman–Crippen MR) is 60.2 cm³/mol. The summed E-state index contributed by atoms with van der Waals surface area (Å²) in [6.07, 6.45) is 2.48. The van der Waals surface area contributed by atoms with Gasteiger partial charge in [0.25, 0.3) is 0 Å². The van der Waals surface area contributed by atoms with Gasteiger partial charge in [-0.3, -0.25) is 9.59 Å². The van der Waals surface area contributed by atoms with Crippen LogP contribution in [-0.2, 0) is 9.59 Å². The molecule has 0 unspecified atom stereocenters. The third-order valence-corrected chi connectivity index (χ3v) is 2.10. The molecule has 6 heteroatoms. The van der Waals surface area contributed by atoms with Crippen LogP contribution in [0.2, 0.25) is 0 Å². The van der Waals surface area contributed by atoms with E-state index in [2.05, 4.69) is 22.9 Å². The summed E-state index contributed by atoms with van der Waals surface area (Å²) >= 11 is 4.58. The standard InChI is InChI=1S/C9H15N3O2S/c10-7(15)5-9(14)11-4-3-8(13)12-6-1-2-6/h6H,1-5H2,(H2,10,15)(H,11,14)(H,12,13). The first-order valence-corrected chi connectivity index (χ1v) is 5.33. The van der Waals surface area contributed by atoms with Crippen LogP contribution in [0.15, 0.2) is 0 Å². The zero-order valence-electron chi connectivity index (χ0n) is 8.41. The molecule has 4 N–H and O–H groups in total. The second kappa shape index (κ2) is 5.65. The monoisotopic (exact) mass is 229 g/mol. The number of nitrogens with two attached hydrogens (primary N) is 1. The highest BCUT2D eigenvalue weighted by atomic mass is 32.1. The fourth-order valence-corrected chi connectivity index (χ4v) is 1.19. The Morgan fingerprint density at radius 2 is 2.00 bits per heavy atom. The Balaban J connectivity index is 2.01. The molecule has 1 aliphatic rings. The second-order valence-corrected chi connectivity index (χ2v) is 4.11. The Hall–Kier alpha value is -1.17. The van der Waals surface area contributed by atoms with Gasteiger partial charge in [-0.25, -0.2) is 0 Å². The van der Waals surface area contributed by atoms with E-state index in [1.54, 1.807) is 0 Å². The van der Waals surface area contributed by atoms with Gasteiger partial charge in [-0.05, 0) is 12.8 Å². The van der Waals surface area contributed by atoms with Crippen molar-refractivity contribution in [2.45, 2.75) is 31.7 Å². The number of hydrogen-bond acceptors (Lipinski definition) is 3. The summed E-state index contributed by atoms with van der Waals surface area (Å²) in [5.74, 6) is -0.255. The first kappa shape index (κ1) is 11.9. The molecule has 0 aromatic heterocycles. The van der Waals surface area contributed by atoms with Crippen LogP contribution in [0.4, 0.5) is 0 Å². The molecule has 84 valence electrons. The molecule has 0 aliphatic heterocycles. The summed E-state index contributed by atoms with van der Waals surface area (Å²) in [6.45, 7) is 0.333. The van der Waals surface area contributed by atoms with Gasteiger partial charge in [0.1, 0.15) is 0 Å². The third-order valence-electron chi connectivity index (χ3n) is 1.95. The molecule has 15 heavy (non-hydrogen) atoms. The van der Waals surface area contributed by atoms with Crippen molar-refractivity contribution in [2.24, 2.45) is 5.73 Å². The molecule has 0 radical (unpaired) electrons. The highest BCUT2D eigenvalue weighted by molar-refractivity contribution is 7.80. The van der Waals surface area contributed by atoms with Gasteiger partial charge in [0, 0.05) is 19.0 Å². The van der Waals surface area contributed by atoms with Gasteiger partial charge in [-0.15, -0.1) is 0 Å². The lowest BCUT2D eigenvalue weighted by Gasteiger charge is -2.05. The maximum Gasteiger partial charge on any atom is 0.226 e. The lowest BCUT2D eigenvalue weighted by molar-refractivity contribution is -0.121. The molecule has 0 spiro atoms. The number of nitrogens with one attached hydrogen (secondary N) is 2. The molecule has 1 rings (SSSR count). The highest BCUT2D eigenvalue weighted by Gasteiger charge is 2.22. The average Bonchev–Trinajstić information content (AvgIpc) is 2.86. The van der Waals surface area contributed by atoms with E-state index in [9.17, 15) is 9.59 Å². The minimum atomic E-state index is -0.235. The van der Waals surface area contributed by atoms with Crippen LogP contribution in [0.3, 0.4) is 0 Å². The molecule has 0 aromatic rings. The van der Waals surface area contributed by atoms with Crippen molar-refractivity contribution in [1.82, 2.24) is 10.6 Å². The second-order valence-electron chi connectivity index (χ2n) is 3.58. The van der Waals surface area contributed by atoms with Crippen LogP contribution >= 0.6 is 12.2 Å². The molecule has 5 nitrogen and oxygen atoms in total. The molecule has 0 atom stereocenters. The Kier molecular flexibility index (Phi) is 4.48. The van der Waals surface area contributed by atoms with Gasteiger partial charge in [-0.2, -0.15) is 0 Å². The molecular formula is C9H15N3O2S. The van der Waals surface area contributed by atoms with Crippen molar-refractivity contribution in [2.75, 3.05) is 6.54 Å². The van der Waals surface area contributed by atoms with E-state index in [1.807, 2.05) is 0 Å². The first-order valence-electron chi connectivity index (χ1n) is 4.92. The minimum Gasteiger partial charge on any atom is -0.393 e. The number of carbonyl (C=O) groups excluding carboxylic acids is 2. The number of thiocarbonyl (C=S) groups is 1. The molecule has 2 amide bonds. The van der Waals surface area contributed by atoms with E-state index in [0.717, 1.165) is 12.8 Å². The summed E-state index contributed by atoms with van der Waals surface area (Å²) in [6, 6.07) is 0.366. The van der Waals surface area contributed by atoms with Gasteiger partial charge in [0.15, 0.2) is 0 Å². The maximum absolute atomic E-state index is 11.2. The van der Waals surface area contributed by atoms with E-state index < -0.39 is 0 Å². The van der Waals surface area contributed by atoms with Gasteiger partial charge in [0.05, 0.1) is 11.4 Å². The Morgan fingerprint density at radius 1 is 1.33 bits per heavy atom. The van der Waals surface area contributed by atoms with Crippen LogP contribution < -0.4 is 16.4 Å². The summed E-state index contributed by atoms with van der Waals surface area (Å²) in [7, 11) is 0. The van der Waals surface area contributed by atoms with E-state index >= 15 is 0 Å². The smallest absolute Gasteiger partial charge is 0.226 e. The third kappa shape index (κ3) is 6.01. The number of rotatable bonds is 6. The Bertz CT molecular complexity index is 277. The summed E-state index contributed by atoms with van der Waals surface area (Å²) in [5.41, 5.74) is 5.19. The molecule has 1 saturated carbocycles. The van der Waals surface area contributed by atoms with Crippen molar-refractivity contribution in [3.63, 3.8) is 0 Å². The molecule has 0 aromatic carbocycles. The molecule has 0 saturated heterocycles. The van der Waals surface area contributed by atoms with E-state index in [4.69, 9.17) is 5.73 Å². The normalized spacial score (nSPS) is 14.4. The van der Waals surface area contributed by atoms with Crippen molar-refractivity contribution >= 4 is 29.0 Å². The van der Waals surface area contributed by atoms with Crippen LogP contribution in [0.5, 0.6) is 0 Å². The van der Waals surface area contributed by atoms with Crippen LogP contribution in [0, 0.1) is 0 Å². The first-order chi connectivity index (χ1) is 7.08. The quantitative estimate of drug-likeness (QED) is 0.533. The van der Waals surface area contributed by atoms with E-state index in [0.29, 0.717) is 19.0 Å². The van der Waals surface area contributed by atoms with Gasteiger partial charge in [-0.1, -0.05) is 12.2 Å². The fraction of sp³-hybridized carbons (Fsp3) is 0.667. The van der Waals surface area contributed by atoms with Crippen molar-refractivity contribution in [1.29, 1.82) is 0 Å². The molecule has 0 heterocycles. The summed E-state index contributed by atoms with van der Waals surface area (Å²) < 4.78 is 0. The molecule has 0 bridgehead atoms. The number of amides is 2. The minimum absolute atomic E-state index is 0.0203. The van der Waals surface area contributed by atoms with Crippen LogP contribution in [0.25, 0.3) is 0 Å². The summed E-state index contributed by atoms with van der Waals surface area (Å²) in [5, 5.41) is 5.40. The molecular weight excluding hydrogens is 214 g/mol. The van der Waals surface area contributed by atoms with E-state index in [-0.39, 0.29) is 23.2 Å². The SMILES string of the molecule is NC(=S)CC(=O)NCCC(=O)NC1CC1. The maximum atomic E-state index is 11.2. The van der Waals surface area contributed by atoms with Gasteiger partial charge >= 0.3 is 0 Å². The van der Waals surface area contributed by atoms with Gasteiger partial charge in [0.2, 0.25) is 11.8 Å². The van der Waals surface area contributed by atoms with Gasteiger partial charge < -0.3 is 16.4 Å². The van der Waals surface area contributed by atoms with Crippen LogP contribution in [-0.4, -0.2) is 29.4 Å². The number of carbonyl (C=O) groups is 2. The van der Waals surface area contributed by atoms with Crippen LogP contribution in [0.1, 0.15) is 25.7 Å². The zero-order valence-corrected chi connectivity index (χ0v) is 9.23. The Labute approximate surface area is 93.8 Å². The van der Waals surface area contributed by atoms with Crippen molar-refractivity contribution < 1.29 is 9.59 Å². The molecule has 1 fully saturated rings. The predicted octanol–water partition coefficient (Wildman–Crippen LogP) is -0.552. The highest BCUT2D eigenvalue weighted by Crippen LogP contribution is 2.18. The molecule has 1 aliphatic carbocycles. The number of hydrogen-bond donors (Lipinski definition) is 3. The van der Waals surface area contributed by atoms with E-state index in [1.165, 1.54) is 0 Å². The summed E-state index contributed by atoms with van der Waals surface area (Å²) in [4.78, 5) is 22.4. The zero-order chi connectivity index (χ0) is 11.3. The average molecular weight is 229 g/mol. The fourth-order valence-electron chi connectivity index (χ4n) is 1.06. The lowest BCUT2D eigenvalue weighted by Crippen LogP contribution is -2.33. The van der Waals surface area contributed by atoms with Crippen molar-refractivity contribution in [3.8, 4) is 0 Å². The topological polar surface area (TPSA) is 84.2 Å². The Morgan fingerprint density at radius 3 is 2.53 bits per heavy atom. The largest absolute Gasteiger partial charge is 0.393 e. The lowest BCUT2D eigenvalue weighted by atomic mass is 10.3.